The largest absolute Gasteiger partial charge is 0.390 e. The van der Waals surface area contributed by atoms with Gasteiger partial charge in [0.15, 0.2) is 5.78 Å². The molecule has 2 atom stereocenters. The fourth-order valence-electron chi connectivity index (χ4n) is 7.25. The van der Waals surface area contributed by atoms with Gasteiger partial charge in [-0.15, -0.1) is 0 Å². The SMILES string of the molecule is CN(c1c(Cl)c(C(=O)CC2C3CC4CC2CC(O)(C4)C3)nn1C)C1CCCC1. The van der Waals surface area contributed by atoms with Crippen molar-refractivity contribution in [2.75, 3.05) is 11.9 Å². The number of hydrogen-bond donors (Lipinski definition) is 1. The van der Waals surface area contributed by atoms with E-state index in [4.69, 9.17) is 11.6 Å². The Bertz CT molecular complexity index is 769. The number of ketones is 1. The van der Waals surface area contributed by atoms with E-state index in [0.717, 1.165) is 25.1 Å². The third-order valence-corrected chi connectivity index (χ3v) is 8.64. The molecule has 5 fully saturated rings. The fourth-order valence-corrected chi connectivity index (χ4v) is 7.64. The average molecular weight is 406 g/mol. The van der Waals surface area contributed by atoms with E-state index in [1.807, 2.05) is 7.05 Å². The number of nitrogens with zero attached hydrogens (tertiary/aromatic N) is 3. The third kappa shape index (κ3) is 3.00. The van der Waals surface area contributed by atoms with Crippen molar-refractivity contribution in [3.63, 3.8) is 0 Å². The number of anilines is 1. The molecule has 4 bridgehead atoms. The number of aryl methyl sites for hydroxylation is 1. The molecule has 5 saturated carbocycles. The van der Waals surface area contributed by atoms with Crippen LogP contribution < -0.4 is 4.90 Å². The summed E-state index contributed by atoms with van der Waals surface area (Å²) in [5.74, 6) is 2.98. The molecule has 154 valence electrons. The summed E-state index contributed by atoms with van der Waals surface area (Å²) in [7, 11) is 3.97. The van der Waals surface area contributed by atoms with Crippen LogP contribution in [0.5, 0.6) is 0 Å². The number of carbonyl (C=O) groups is 1. The number of Topliss-reactive ketones (excluding diaryl/α,β-unsaturated/α-hetero) is 1. The van der Waals surface area contributed by atoms with Crippen molar-refractivity contribution in [1.82, 2.24) is 9.78 Å². The molecule has 0 aromatic carbocycles. The van der Waals surface area contributed by atoms with E-state index in [1.54, 1.807) is 4.68 Å². The molecule has 6 heteroatoms. The molecule has 5 aliphatic rings. The minimum Gasteiger partial charge on any atom is -0.390 e. The van der Waals surface area contributed by atoms with E-state index in [1.165, 1.54) is 38.5 Å². The molecule has 28 heavy (non-hydrogen) atoms. The Balaban J connectivity index is 1.34. The topological polar surface area (TPSA) is 58.4 Å². The van der Waals surface area contributed by atoms with Crippen LogP contribution in [-0.2, 0) is 7.05 Å². The second kappa shape index (κ2) is 6.73. The summed E-state index contributed by atoms with van der Waals surface area (Å²) in [4.78, 5) is 15.4. The maximum atomic E-state index is 13.2. The minimum atomic E-state index is -0.449. The van der Waals surface area contributed by atoms with Crippen molar-refractivity contribution in [1.29, 1.82) is 0 Å². The number of rotatable bonds is 5. The van der Waals surface area contributed by atoms with Crippen molar-refractivity contribution in [3.05, 3.63) is 10.7 Å². The highest BCUT2D eigenvalue weighted by Gasteiger charge is 2.54. The van der Waals surface area contributed by atoms with Crippen LogP contribution in [0.3, 0.4) is 0 Å². The van der Waals surface area contributed by atoms with Crippen molar-refractivity contribution >= 4 is 23.2 Å². The highest BCUT2D eigenvalue weighted by atomic mass is 35.5. The Morgan fingerprint density at radius 3 is 2.50 bits per heavy atom. The quantitative estimate of drug-likeness (QED) is 0.745. The second-order valence-corrected chi connectivity index (χ2v) is 10.5. The highest BCUT2D eigenvalue weighted by molar-refractivity contribution is 6.36. The van der Waals surface area contributed by atoms with Crippen LogP contribution in [0.25, 0.3) is 0 Å². The highest BCUT2D eigenvalue weighted by Crippen LogP contribution is 2.59. The van der Waals surface area contributed by atoms with Gasteiger partial charge in [0.25, 0.3) is 0 Å². The lowest BCUT2D eigenvalue weighted by Gasteiger charge is -2.58. The normalized spacial score (nSPS) is 37.0. The molecule has 0 spiro atoms. The fraction of sp³-hybridized carbons (Fsp3) is 0.818. The van der Waals surface area contributed by atoms with Crippen molar-refractivity contribution < 1.29 is 9.90 Å². The summed E-state index contributed by atoms with van der Waals surface area (Å²) in [5.41, 5.74) is -0.00733. The lowest BCUT2D eigenvalue weighted by molar-refractivity contribution is -0.151. The Morgan fingerprint density at radius 2 is 1.89 bits per heavy atom. The number of halogens is 1. The first-order valence-electron chi connectivity index (χ1n) is 11.1. The smallest absolute Gasteiger partial charge is 0.184 e. The molecule has 1 heterocycles. The first-order valence-corrected chi connectivity index (χ1v) is 11.4. The van der Waals surface area contributed by atoms with Crippen LogP contribution in [0.1, 0.15) is 74.7 Å². The van der Waals surface area contributed by atoms with Crippen molar-refractivity contribution in [2.45, 2.75) is 75.9 Å². The van der Waals surface area contributed by atoms with Gasteiger partial charge in [0.05, 0.1) is 5.60 Å². The zero-order valence-corrected chi connectivity index (χ0v) is 17.8. The van der Waals surface area contributed by atoms with Crippen LogP contribution in [0, 0.1) is 23.7 Å². The zero-order valence-electron chi connectivity index (χ0n) is 17.0. The predicted octanol–water partition coefficient (Wildman–Crippen LogP) is 4.21. The van der Waals surface area contributed by atoms with Crippen LogP contribution in [-0.4, -0.2) is 39.4 Å². The molecule has 1 aromatic heterocycles. The van der Waals surface area contributed by atoms with Crippen molar-refractivity contribution in [2.24, 2.45) is 30.7 Å². The number of carbonyl (C=O) groups excluding carboxylic acids is 1. The zero-order chi connectivity index (χ0) is 19.6. The molecule has 2 unspecified atom stereocenters. The molecule has 0 amide bonds. The maximum absolute atomic E-state index is 13.2. The van der Waals surface area contributed by atoms with Gasteiger partial charge in [0, 0.05) is 26.6 Å². The monoisotopic (exact) mass is 405 g/mol. The molecule has 0 saturated heterocycles. The standard InChI is InChI=1S/C22H32ClN3O2/c1-25(16-5-3-4-6-16)21-19(23)20(24-26(21)2)18(27)9-17-14-7-13-8-15(17)12-22(28,10-13)11-14/h13-17,28H,3-12H2,1-2H3. The number of hydrogen-bond acceptors (Lipinski definition) is 4. The van der Waals surface area contributed by atoms with Crippen LogP contribution in [0.4, 0.5) is 5.82 Å². The first kappa shape index (κ1) is 18.9. The third-order valence-electron chi connectivity index (χ3n) is 8.29. The summed E-state index contributed by atoms with van der Waals surface area (Å²) in [6.07, 6.45) is 10.5. The maximum Gasteiger partial charge on any atom is 0.184 e. The molecule has 1 N–H and O–H groups in total. The van der Waals surface area contributed by atoms with Gasteiger partial charge in [-0.1, -0.05) is 24.4 Å². The molecule has 0 aliphatic heterocycles. The molecule has 0 radical (unpaired) electrons. The van der Waals surface area contributed by atoms with Gasteiger partial charge in [0.2, 0.25) is 0 Å². The van der Waals surface area contributed by atoms with Gasteiger partial charge in [0.1, 0.15) is 16.5 Å². The Labute approximate surface area is 172 Å². The Hall–Kier alpha value is -1.07. The summed E-state index contributed by atoms with van der Waals surface area (Å²) in [6.45, 7) is 0. The number of aliphatic hydroxyl groups is 1. The van der Waals surface area contributed by atoms with Gasteiger partial charge in [-0.25, -0.2) is 0 Å². The minimum absolute atomic E-state index is 0.0798. The molecular weight excluding hydrogens is 374 g/mol. The molecule has 1 aromatic rings. The summed E-state index contributed by atoms with van der Waals surface area (Å²) in [6, 6.07) is 0.487. The van der Waals surface area contributed by atoms with Gasteiger partial charge >= 0.3 is 0 Å². The van der Waals surface area contributed by atoms with Crippen LogP contribution in [0.15, 0.2) is 0 Å². The second-order valence-electron chi connectivity index (χ2n) is 10.1. The first-order chi connectivity index (χ1) is 13.3. The Morgan fingerprint density at radius 1 is 1.25 bits per heavy atom. The van der Waals surface area contributed by atoms with Crippen LogP contribution in [0.2, 0.25) is 5.02 Å². The van der Waals surface area contributed by atoms with E-state index < -0.39 is 5.60 Å². The Kier molecular flexibility index (Phi) is 4.55. The summed E-state index contributed by atoms with van der Waals surface area (Å²) < 4.78 is 1.79. The molecular formula is C22H32ClN3O2. The van der Waals surface area contributed by atoms with Gasteiger partial charge in [-0.2, -0.15) is 5.10 Å². The lowest BCUT2D eigenvalue weighted by atomic mass is 9.49. The number of aromatic nitrogens is 2. The van der Waals surface area contributed by atoms with Gasteiger partial charge in [-0.05, 0) is 68.6 Å². The summed E-state index contributed by atoms with van der Waals surface area (Å²) in [5, 5.41) is 15.9. The van der Waals surface area contributed by atoms with Gasteiger partial charge < -0.3 is 10.0 Å². The van der Waals surface area contributed by atoms with Crippen molar-refractivity contribution in [3.8, 4) is 0 Å². The predicted molar refractivity (Wildman–Crippen MR) is 110 cm³/mol. The summed E-state index contributed by atoms with van der Waals surface area (Å²) >= 11 is 6.70. The molecule has 6 rings (SSSR count). The van der Waals surface area contributed by atoms with E-state index in [2.05, 4.69) is 17.0 Å². The molecule has 5 aliphatic carbocycles. The molecule has 5 nitrogen and oxygen atoms in total. The van der Waals surface area contributed by atoms with Crippen LogP contribution >= 0.6 is 11.6 Å². The average Bonchev–Trinajstić information content (AvgIpc) is 3.24. The van der Waals surface area contributed by atoms with E-state index >= 15 is 0 Å². The lowest BCUT2D eigenvalue weighted by Crippen LogP contribution is -2.54. The van der Waals surface area contributed by atoms with Gasteiger partial charge in [-0.3, -0.25) is 9.48 Å². The van der Waals surface area contributed by atoms with E-state index in [9.17, 15) is 9.90 Å². The van der Waals surface area contributed by atoms with E-state index in [-0.39, 0.29) is 5.78 Å². The van der Waals surface area contributed by atoms with E-state index in [0.29, 0.717) is 46.9 Å².